The quantitative estimate of drug-likeness (QED) is 0.672. The molecule has 0 fully saturated rings. The summed E-state index contributed by atoms with van der Waals surface area (Å²) in [5, 5.41) is 6.52. The fourth-order valence-electron chi connectivity index (χ4n) is 3.44. The third kappa shape index (κ3) is 3.67. The van der Waals surface area contributed by atoms with E-state index in [1.54, 1.807) is 7.11 Å². The minimum atomic E-state index is 0.0670. The van der Waals surface area contributed by atoms with Crippen LogP contribution in [0.3, 0.4) is 0 Å². The van der Waals surface area contributed by atoms with Crippen LogP contribution in [0.5, 0.6) is 5.75 Å². The molecule has 1 unspecified atom stereocenters. The molecule has 0 saturated heterocycles. The van der Waals surface area contributed by atoms with E-state index >= 15 is 0 Å². The number of carbonyl (C=O) groups excluding carboxylic acids is 1. The van der Waals surface area contributed by atoms with Crippen LogP contribution in [0.4, 0.5) is 23.1 Å². The number of benzene rings is 2. The van der Waals surface area contributed by atoms with Crippen LogP contribution in [0.2, 0.25) is 0 Å². The summed E-state index contributed by atoms with van der Waals surface area (Å²) in [4.78, 5) is 22.0. The smallest absolute Gasteiger partial charge is 0.229 e. The molecule has 0 radical (unpaired) electrons. The van der Waals surface area contributed by atoms with Gasteiger partial charge in [-0.15, -0.1) is 0 Å². The Labute approximate surface area is 164 Å². The van der Waals surface area contributed by atoms with E-state index in [1.807, 2.05) is 54.6 Å². The lowest BCUT2D eigenvalue weighted by molar-refractivity contribution is 0.0953. The predicted molar refractivity (Wildman–Crippen MR) is 110 cm³/mol. The average Bonchev–Trinajstić information content (AvgIpc) is 2.68. The number of rotatable bonds is 5. The van der Waals surface area contributed by atoms with Gasteiger partial charge in [0.15, 0.2) is 5.78 Å². The molecule has 6 nitrogen and oxygen atoms in total. The molecular weight excluding hydrogens is 352 g/mol. The first-order valence-electron chi connectivity index (χ1n) is 9.30. The van der Waals surface area contributed by atoms with Crippen molar-refractivity contribution in [3.63, 3.8) is 0 Å². The standard InChI is InChI=1S/C22H22N4O2/c1-14-12-17-20(18(27)13-14)21(24-16-10-6-7-11-19(16)28-2)26-22(25-17)23-15-8-4-3-5-9-15/h3-11,14H,12-13H2,1-2H3,(H2,23,24,25,26). The monoisotopic (exact) mass is 374 g/mol. The average molecular weight is 374 g/mol. The Morgan fingerprint density at radius 2 is 1.71 bits per heavy atom. The number of nitrogens with zero attached hydrogens (tertiary/aromatic N) is 2. The maximum Gasteiger partial charge on any atom is 0.229 e. The predicted octanol–water partition coefficient (Wildman–Crippen LogP) is 4.74. The number of nitrogens with one attached hydrogen (secondary N) is 2. The van der Waals surface area contributed by atoms with Gasteiger partial charge >= 0.3 is 0 Å². The van der Waals surface area contributed by atoms with E-state index in [2.05, 4.69) is 27.5 Å². The van der Waals surface area contributed by atoms with Crippen molar-refractivity contribution in [3.05, 3.63) is 65.9 Å². The van der Waals surface area contributed by atoms with Gasteiger partial charge in [0.1, 0.15) is 11.6 Å². The Bertz CT molecular complexity index is 1000. The molecule has 1 aliphatic carbocycles. The third-order valence-corrected chi connectivity index (χ3v) is 4.73. The van der Waals surface area contributed by atoms with Gasteiger partial charge in [-0.05, 0) is 36.6 Å². The summed E-state index contributed by atoms with van der Waals surface area (Å²) >= 11 is 0. The number of aromatic nitrogens is 2. The maximum absolute atomic E-state index is 12.8. The molecular formula is C22H22N4O2. The minimum absolute atomic E-state index is 0.0670. The third-order valence-electron chi connectivity index (χ3n) is 4.73. The Kier molecular flexibility index (Phi) is 4.93. The number of ketones is 1. The Morgan fingerprint density at radius 1 is 0.964 bits per heavy atom. The lowest BCUT2D eigenvalue weighted by atomic mass is 9.87. The van der Waals surface area contributed by atoms with Crippen LogP contribution in [-0.4, -0.2) is 22.9 Å². The van der Waals surface area contributed by atoms with Crippen LogP contribution in [0.1, 0.15) is 29.4 Å². The summed E-state index contributed by atoms with van der Waals surface area (Å²) in [6.45, 7) is 2.07. The van der Waals surface area contributed by atoms with Crippen molar-refractivity contribution < 1.29 is 9.53 Å². The molecule has 0 amide bonds. The van der Waals surface area contributed by atoms with Crippen LogP contribution in [0.15, 0.2) is 54.6 Å². The highest BCUT2D eigenvalue weighted by molar-refractivity contribution is 6.03. The van der Waals surface area contributed by atoms with Crippen molar-refractivity contribution in [1.82, 2.24) is 9.97 Å². The molecule has 2 aromatic carbocycles. The second kappa shape index (κ2) is 7.68. The fourth-order valence-corrected chi connectivity index (χ4v) is 3.44. The van der Waals surface area contributed by atoms with Gasteiger partial charge in [-0.1, -0.05) is 37.3 Å². The van der Waals surface area contributed by atoms with Gasteiger partial charge in [0.25, 0.3) is 0 Å². The molecule has 1 aliphatic rings. The normalized spacial score (nSPS) is 15.6. The SMILES string of the molecule is COc1ccccc1Nc1nc(Nc2ccccc2)nc2c1C(=O)CC(C)C2. The molecule has 1 atom stereocenters. The molecule has 0 spiro atoms. The maximum atomic E-state index is 12.8. The summed E-state index contributed by atoms with van der Waals surface area (Å²) < 4.78 is 5.42. The summed E-state index contributed by atoms with van der Waals surface area (Å²) in [5.41, 5.74) is 2.99. The first kappa shape index (κ1) is 18.0. The Morgan fingerprint density at radius 3 is 2.50 bits per heavy atom. The molecule has 4 rings (SSSR count). The van der Waals surface area contributed by atoms with E-state index in [-0.39, 0.29) is 11.7 Å². The van der Waals surface area contributed by atoms with Gasteiger partial charge in [0.05, 0.1) is 24.1 Å². The second-order valence-electron chi connectivity index (χ2n) is 6.97. The van der Waals surface area contributed by atoms with Crippen LogP contribution in [0, 0.1) is 5.92 Å². The second-order valence-corrected chi connectivity index (χ2v) is 6.97. The lowest BCUT2D eigenvalue weighted by Gasteiger charge is -2.23. The van der Waals surface area contributed by atoms with Crippen LogP contribution in [0.25, 0.3) is 0 Å². The number of hydrogen-bond donors (Lipinski definition) is 2. The summed E-state index contributed by atoms with van der Waals surface area (Å²) in [7, 11) is 1.62. The van der Waals surface area contributed by atoms with Crippen molar-refractivity contribution in [2.24, 2.45) is 5.92 Å². The molecule has 0 aliphatic heterocycles. The Hall–Kier alpha value is -3.41. The van der Waals surface area contributed by atoms with Crippen molar-refractivity contribution >= 4 is 28.9 Å². The van der Waals surface area contributed by atoms with Crippen molar-refractivity contribution in [2.75, 3.05) is 17.7 Å². The number of para-hydroxylation sites is 3. The largest absolute Gasteiger partial charge is 0.495 e. The van der Waals surface area contributed by atoms with E-state index in [9.17, 15) is 4.79 Å². The highest BCUT2D eigenvalue weighted by Gasteiger charge is 2.28. The van der Waals surface area contributed by atoms with E-state index in [4.69, 9.17) is 4.74 Å². The zero-order valence-electron chi connectivity index (χ0n) is 15.9. The first-order valence-corrected chi connectivity index (χ1v) is 9.30. The van der Waals surface area contributed by atoms with E-state index in [1.165, 1.54) is 0 Å². The molecule has 0 bridgehead atoms. The molecule has 1 aromatic heterocycles. The molecule has 28 heavy (non-hydrogen) atoms. The number of carbonyl (C=O) groups is 1. The van der Waals surface area contributed by atoms with E-state index in [0.29, 0.717) is 29.5 Å². The van der Waals surface area contributed by atoms with Crippen LogP contribution >= 0.6 is 0 Å². The van der Waals surface area contributed by atoms with Crippen molar-refractivity contribution in [2.45, 2.75) is 19.8 Å². The van der Waals surface area contributed by atoms with Gasteiger partial charge in [0, 0.05) is 12.1 Å². The van der Waals surface area contributed by atoms with Crippen LogP contribution in [-0.2, 0) is 6.42 Å². The van der Waals surface area contributed by atoms with Gasteiger partial charge in [0.2, 0.25) is 5.95 Å². The van der Waals surface area contributed by atoms with Crippen molar-refractivity contribution in [1.29, 1.82) is 0 Å². The first-order chi connectivity index (χ1) is 13.6. The summed E-state index contributed by atoms with van der Waals surface area (Å²) in [6, 6.07) is 17.3. The van der Waals surface area contributed by atoms with Gasteiger partial charge in [-0.2, -0.15) is 4.98 Å². The number of methoxy groups -OCH3 is 1. The van der Waals surface area contributed by atoms with Crippen LogP contribution < -0.4 is 15.4 Å². The summed E-state index contributed by atoms with van der Waals surface area (Å²) in [5.74, 6) is 1.98. The molecule has 6 heteroatoms. The van der Waals surface area contributed by atoms with Gasteiger partial charge in [-0.3, -0.25) is 4.79 Å². The molecule has 2 N–H and O–H groups in total. The zero-order chi connectivity index (χ0) is 19.5. The van der Waals surface area contributed by atoms with E-state index in [0.717, 1.165) is 23.5 Å². The highest BCUT2D eigenvalue weighted by atomic mass is 16.5. The highest BCUT2D eigenvalue weighted by Crippen LogP contribution is 2.34. The Balaban J connectivity index is 1.77. The lowest BCUT2D eigenvalue weighted by Crippen LogP contribution is -2.22. The summed E-state index contributed by atoms with van der Waals surface area (Å²) in [6.07, 6.45) is 1.25. The number of ether oxygens (including phenoxy) is 1. The molecule has 142 valence electrons. The van der Waals surface area contributed by atoms with E-state index < -0.39 is 0 Å². The molecule has 3 aromatic rings. The number of fused-ring (bicyclic) bond motifs is 1. The topological polar surface area (TPSA) is 76.1 Å². The number of anilines is 4. The van der Waals surface area contributed by atoms with Gasteiger partial charge < -0.3 is 15.4 Å². The van der Waals surface area contributed by atoms with Crippen molar-refractivity contribution in [3.8, 4) is 5.75 Å². The minimum Gasteiger partial charge on any atom is -0.495 e. The molecule has 1 heterocycles. The molecule has 0 saturated carbocycles. The zero-order valence-corrected chi connectivity index (χ0v) is 15.9. The number of Topliss-reactive ketones (excluding diaryl/α,β-unsaturated/α-hetero) is 1. The fraction of sp³-hybridized carbons (Fsp3) is 0.227. The van der Waals surface area contributed by atoms with Gasteiger partial charge in [-0.25, -0.2) is 4.98 Å². The number of hydrogen-bond acceptors (Lipinski definition) is 6.